The number of hydrogen-bond acceptors (Lipinski definition) is 1. The molecule has 0 saturated heterocycles. The number of hydrogen-bond donors (Lipinski definition) is 0. The molecule has 13 heavy (non-hydrogen) atoms. The van der Waals surface area contributed by atoms with Crippen molar-refractivity contribution in [3.8, 4) is 0 Å². The molecule has 1 fully saturated rings. The van der Waals surface area contributed by atoms with Crippen LogP contribution in [0.2, 0.25) is 6.32 Å². The Hall–Kier alpha value is -0.475. The first kappa shape index (κ1) is 10.6. The quantitative estimate of drug-likeness (QED) is 0.486. The first-order valence-electron chi connectivity index (χ1n) is 4.73. The molecule has 0 N–H and O–H groups in total. The third-order valence-corrected chi connectivity index (χ3v) is 2.48. The summed E-state index contributed by atoms with van der Waals surface area (Å²) in [7, 11) is 0. The minimum absolute atomic E-state index is 0.184. The van der Waals surface area contributed by atoms with Crippen molar-refractivity contribution >= 4 is 12.8 Å². The van der Waals surface area contributed by atoms with E-state index in [0.717, 1.165) is 19.3 Å². The molecule has 1 atom stereocenters. The van der Waals surface area contributed by atoms with E-state index in [1.807, 2.05) is 0 Å². The molecule has 1 nitrogen and oxygen atoms in total. The van der Waals surface area contributed by atoms with Gasteiger partial charge in [-0.1, -0.05) is 19.2 Å². The topological polar surface area (TPSA) is 17.1 Å². The first-order valence-corrected chi connectivity index (χ1v) is 4.73. The van der Waals surface area contributed by atoms with E-state index in [1.54, 1.807) is 0 Å². The van der Waals surface area contributed by atoms with E-state index >= 15 is 0 Å². The molecular formula is C8H13BF3O-. The van der Waals surface area contributed by atoms with Gasteiger partial charge in [0.1, 0.15) is 5.78 Å². The largest absolute Gasteiger partial charge is 0.479 e. The smallest absolute Gasteiger partial charge is 0.449 e. The summed E-state index contributed by atoms with van der Waals surface area (Å²) >= 11 is 0. The van der Waals surface area contributed by atoms with Crippen LogP contribution < -0.4 is 0 Å². The summed E-state index contributed by atoms with van der Waals surface area (Å²) in [6, 6.07) is 0. The molecule has 0 aliphatic heterocycles. The lowest BCUT2D eigenvalue weighted by molar-refractivity contribution is -0.122. The SMILES string of the molecule is O=C1CCCCC[C@@H]1C[B-](F)(F)F. The molecule has 0 spiro atoms. The van der Waals surface area contributed by atoms with Gasteiger partial charge in [-0.25, -0.2) is 0 Å². The summed E-state index contributed by atoms with van der Waals surface area (Å²) in [5.41, 5.74) is 0. The molecule has 5 heteroatoms. The zero-order valence-corrected chi connectivity index (χ0v) is 7.44. The van der Waals surface area contributed by atoms with Crippen LogP contribution >= 0.6 is 0 Å². The molecule has 1 saturated carbocycles. The number of carbonyl (C=O) groups excluding carboxylic acids is 1. The predicted octanol–water partition coefficient (Wildman–Crippen LogP) is 2.98. The summed E-state index contributed by atoms with van der Waals surface area (Å²) < 4.78 is 36.2. The summed E-state index contributed by atoms with van der Waals surface area (Å²) in [6.07, 6.45) is 2.34. The van der Waals surface area contributed by atoms with Gasteiger partial charge in [0.15, 0.2) is 0 Å². The Balaban J connectivity index is 2.50. The standard InChI is InChI=1S/C8H13BF3O/c10-9(11,12)6-7-4-2-1-3-5-8(7)13/h7H,1-6H2/q-1/t7-/m1/s1. The fourth-order valence-electron chi connectivity index (χ4n) is 1.80. The normalized spacial score (nSPS) is 25.8. The lowest BCUT2D eigenvalue weighted by atomic mass is 9.75. The second kappa shape index (κ2) is 4.16. The predicted molar refractivity (Wildman–Crippen MR) is 45.5 cm³/mol. The Kier molecular flexibility index (Phi) is 3.39. The first-order chi connectivity index (χ1) is 5.99. The van der Waals surface area contributed by atoms with E-state index in [4.69, 9.17) is 0 Å². The average Bonchev–Trinajstić information content (AvgIpc) is 2.14. The molecule has 0 aromatic carbocycles. The number of Topliss-reactive ketones (excluding diaryl/α,β-unsaturated/α-hetero) is 1. The lowest BCUT2D eigenvalue weighted by Crippen LogP contribution is -2.24. The Morgan fingerprint density at radius 1 is 1.23 bits per heavy atom. The van der Waals surface area contributed by atoms with E-state index in [9.17, 15) is 17.7 Å². The third-order valence-electron chi connectivity index (χ3n) is 2.48. The number of carbonyl (C=O) groups is 1. The third kappa shape index (κ3) is 3.83. The van der Waals surface area contributed by atoms with Crippen LogP contribution in [0.4, 0.5) is 12.9 Å². The van der Waals surface area contributed by atoms with Gasteiger partial charge in [-0.15, -0.1) is 0 Å². The monoisotopic (exact) mass is 193 g/mol. The van der Waals surface area contributed by atoms with Crippen molar-refractivity contribution in [2.24, 2.45) is 5.92 Å². The summed E-state index contributed by atoms with van der Waals surface area (Å²) in [4.78, 5) is 11.2. The fourth-order valence-corrected chi connectivity index (χ4v) is 1.80. The van der Waals surface area contributed by atoms with Crippen molar-refractivity contribution in [3.63, 3.8) is 0 Å². The van der Waals surface area contributed by atoms with Crippen LogP contribution in [0.25, 0.3) is 0 Å². The van der Waals surface area contributed by atoms with Gasteiger partial charge in [-0.3, -0.25) is 4.79 Å². The van der Waals surface area contributed by atoms with Gasteiger partial charge in [-0.2, -0.15) is 0 Å². The zero-order chi connectivity index (χ0) is 9.90. The Morgan fingerprint density at radius 3 is 2.54 bits per heavy atom. The summed E-state index contributed by atoms with van der Waals surface area (Å²) in [6.45, 7) is -4.79. The molecule has 0 heterocycles. The van der Waals surface area contributed by atoms with Crippen molar-refractivity contribution < 1.29 is 17.7 Å². The highest BCUT2D eigenvalue weighted by atomic mass is 19.4. The number of ketones is 1. The highest BCUT2D eigenvalue weighted by Crippen LogP contribution is 2.29. The summed E-state index contributed by atoms with van der Waals surface area (Å²) in [5.74, 6) is -0.917. The van der Waals surface area contributed by atoms with Gasteiger partial charge in [-0.05, 0) is 18.8 Å². The van der Waals surface area contributed by atoms with E-state index in [2.05, 4.69) is 0 Å². The van der Waals surface area contributed by atoms with E-state index in [-0.39, 0.29) is 5.78 Å². The van der Waals surface area contributed by atoms with Crippen LogP contribution in [-0.4, -0.2) is 12.8 Å². The number of rotatable bonds is 2. The van der Waals surface area contributed by atoms with Crippen LogP contribution in [0, 0.1) is 5.92 Å². The molecule has 0 amide bonds. The molecule has 0 radical (unpaired) electrons. The molecule has 0 aromatic heterocycles. The van der Waals surface area contributed by atoms with Crippen LogP contribution in [0.5, 0.6) is 0 Å². The Morgan fingerprint density at radius 2 is 1.92 bits per heavy atom. The van der Waals surface area contributed by atoms with Crippen molar-refractivity contribution in [1.29, 1.82) is 0 Å². The fraction of sp³-hybridized carbons (Fsp3) is 0.875. The summed E-state index contributed by atoms with van der Waals surface area (Å²) in [5, 5.41) is 0. The van der Waals surface area contributed by atoms with Crippen LogP contribution in [0.15, 0.2) is 0 Å². The molecule has 1 aliphatic carbocycles. The van der Waals surface area contributed by atoms with Crippen LogP contribution in [0.1, 0.15) is 32.1 Å². The maximum absolute atomic E-state index is 12.1. The van der Waals surface area contributed by atoms with Gasteiger partial charge < -0.3 is 12.9 Å². The van der Waals surface area contributed by atoms with Gasteiger partial charge in [0, 0.05) is 6.42 Å². The molecule has 0 bridgehead atoms. The lowest BCUT2D eigenvalue weighted by Gasteiger charge is -2.20. The van der Waals surface area contributed by atoms with E-state index in [1.165, 1.54) is 0 Å². The zero-order valence-electron chi connectivity index (χ0n) is 7.44. The molecular weight excluding hydrogens is 180 g/mol. The minimum atomic E-state index is -4.79. The van der Waals surface area contributed by atoms with Gasteiger partial charge in [0.2, 0.25) is 0 Å². The van der Waals surface area contributed by atoms with Gasteiger partial charge in [0.05, 0.1) is 0 Å². The molecule has 1 aliphatic rings. The van der Waals surface area contributed by atoms with Crippen molar-refractivity contribution in [1.82, 2.24) is 0 Å². The van der Waals surface area contributed by atoms with Crippen molar-refractivity contribution in [2.75, 3.05) is 0 Å². The van der Waals surface area contributed by atoms with Crippen molar-refractivity contribution in [2.45, 2.75) is 38.4 Å². The second-order valence-corrected chi connectivity index (χ2v) is 3.71. The molecule has 76 valence electrons. The Labute approximate surface area is 75.8 Å². The second-order valence-electron chi connectivity index (χ2n) is 3.71. The minimum Gasteiger partial charge on any atom is -0.449 e. The average molecular weight is 193 g/mol. The number of halogens is 3. The van der Waals surface area contributed by atoms with Crippen LogP contribution in [-0.2, 0) is 4.79 Å². The highest BCUT2D eigenvalue weighted by Gasteiger charge is 2.31. The van der Waals surface area contributed by atoms with Gasteiger partial charge in [0.25, 0.3) is 0 Å². The molecule has 1 rings (SSSR count). The van der Waals surface area contributed by atoms with E-state index in [0.29, 0.717) is 12.8 Å². The maximum Gasteiger partial charge on any atom is 0.479 e. The highest BCUT2D eigenvalue weighted by molar-refractivity contribution is 6.58. The van der Waals surface area contributed by atoms with Crippen LogP contribution in [0.3, 0.4) is 0 Å². The Bertz CT molecular complexity index is 190. The molecule has 0 aromatic rings. The maximum atomic E-state index is 12.1. The van der Waals surface area contributed by atoms with E-state index < -0.39 is 19.2 Å². The van der Waals surface area contributed by atoms with Gasteiger partial charge >= 0.3 is 6.98 Å². The van der Waals surface area contributed by atoms with Crippen molar-refractivity contribution in [3.05, 3.63) is 0 Å². The molecule has 0 unspecified atom stereocenters.